The molecule has 114 valence electrons. The third-order valence-electron chi connectivity index (χ3n) is 3.95. The second-order valence-electron chi connectivity index (χ2n) is 5.58. The van der Waals surface area contributed by atoms with Crippen LogP contribution in [-0.4, -0.2) is 42.9 Å². The van der Waals surface area contributed by atoms with Gasteiger partial charge in [0.1, 0.15) is 12.4 Å². The monoisotopic (exact) mass is 291 g/mol. The summed E-state index contributed by atoms with van der Waals surface area (Å²) in [4.78, 5) is 2.28. The second kappa shape index (κ2) is 7.56. The van der Waals surface area contributed by atoms with Crippen molar-refractivity contribution in [3.63, 3.8) is 0 Å². The smallest absolute Gasteiger partial charge is 0.124 e. The van der Waals surface area contributed by atoms with Crippen LogP contribution in [0.2, 0.25) is 0 Å². The molecule has 0 spiro atoms. The first-order chi connectivity index (χ1) is 10.1. The van der Waals surface area contributed by atoms with Crippen molar-refractivity contribution in [2.24, 2.45) is 5.92 Å². The minimum Gasteiger partial charge on any atom is -0.384 e. The zero-order chi connectivity index (χ0) is 15.2. The molecule has 1 fully saturated rings. The number of aliphatic hydroxyl groups excluding tert-OH is 1. The quantitative estimate of drug-likeness (QED) is 0.865. The molecule has 2 unspecified atom stereocenters. The Bertz CT molecular complexity index is 535. The first kappa shape index (κ1) is 16.0. The van der Waals surface area contributed by atoms with Crippen LogP contribution in [0.15, 0.2) is 18.2 Å². The Labute approximate surface area is 125 Å². The van der Waals surface area contributed by atoms with E-state index in [-0.39, 0.29) is 18.5 Å². The van der Waals surface area contributed by atoms with Crippen molar-refractivity contribution in [3.05, 3.63) is 35.1 Å². The summed E-state index contributed by atoms with van der Waals surface area (Å²) >= 11 is 0. The highest BCUT2D eigenvalue weighted by Gasteiger charge is 2.25. The molecule has 0 radical (unpaired) electrons. The lowest BCUT2D eigenvalue weighted by Crippen LogP contribution is -2.43. The number of hydrogen-bond acceptors (Lipinski definition) is 3. The van der Waals surface area contributed by atoms with Gasteiger partial charge in [-0.25, -0.2) is 4.39 Å². The molecule has 2 atom stereocenters. The minimum atomic E-state index is -0.289. The molecule has 0 aliphatic carbocycles. The summed E-state index contributed by atoms with van der Waals surface area (Å²) in [5.74, 6) is 5.58. The summed E-state index contributed by atoms with van der Waals surface area (Å²) < 4.78 is 19.1. The molecule has 0 saturated carbocycles. The average Bonchev–Trinajstić information content (AvgIpc) is 2.46. The molecule has 1 saturated heterocycles. The summed E-state index contributed by atoms with van der Waals surface area (Å²) in [7, 11) is 1.75. The number of halogens is 1. The number of hydrogen-bond donors (Lipinski definition) is 1. The third-order valence-corrected chi connectivity index (χ3v) is 3.95. The fraction of sp³-hybridized carbons (Fsp3) is 0.529. The number of methoxy groups -OCH3 is 1. The van der Waals surface area contributed by atoms with E-state index in [9.17, 15) is 4.39 Å². The van der Waals surface area contributed by atoms with E-state index in [4.69, 9.17) is 9.84 Å². The Balaban J connectivity index is 2.07. The minimum absolute atomic E-state index is 0.217. The molecule has 1 aromatic rings. The van der Waals surface area contributed by atoms with E-state index in [1.165, 1.54) is 6.07 Å². The van der Waals surface area contributed by atoms with E-state index < -0.39 is 0 Å². The van der Waals surface area contributed by atoms with Gasteiger partial charge in [0.25, 0.3) is 0 Å². The van der Waals surface area contributed by atoms with Crippen molar-refractivity contribution < 1.29 is 14.2 Å². The van der Waals surface area contributed by atoms with Gasteiger partial charge in [0.15, 0.2) is 0 Å². The van der Waals surface area contributed by atoms with Crippen LogP contribution >= 0.6 is 0 Å². The van der Waals surface area contributed by atoms with Gasteiger partial charge < -0.3 is 9.84 Å². The van der Waals surface area contributed by atoms with Crippen molar-refractivity contribution in [2.75, 3.05) is 26.8 Å². The SMILES string of the molecule is COC1CN(Cc2cc(F)cc(C#CCO)c2)CCC1C. The van der Waals surface area contributed by atoms with Crippen LogP contribution in [-0.2, 0) is 11.3 Å². The van der Waals surface area contributed by atoms with Gasteiger partial charge in [-0.15, -0.1) is 0 Å². The molecular weight excluding hydrogens is 269 g/mol. The fourth-order valence-electron chi connectivity index (χ4n) is 2.76. The van der Waals surface area contributed by atoms with Gasteiger partial charge in [0.2, 0.25) is 0 Å². The molecule has 1 aromatic carbocycles. The van der Waals surface area contributed by atoms with E-state index in [0.29, 0.717) is 18.0 Å². The highest BCUT2D eigenvalue weighted by molar-refractivity contribution is 5.37. The average molecular weight is 291 g/mol. The summed E-state index contributed by atoms with van der Waals surface area (Å²) in [6.07, 6.45) is 1.33. The maximum atomic E-state index is 13.6. The Hall–Kier alpha value is -1.41. The molecule has 3 nitrogen and oxygen atoms in total. The summed E-state index contributed by atoms with van der Waals surface area (Å²) in [6.45, 7) is 4.54. The van der Waals surface area contributed by atoms with E-state index in [0.717, 1.165) is 25.1 Å². The van der Waals surface area contributed by atoms with Crippen LogP contribution in [0.1, 0.15) is 24.5 Å². The number of benzene rings is 1. The number of likely N-dealkylation sites (tertiary alicyclic amines) is 1. The second-order valence-corrected chi connectivity index (χ2v) is 5.58. The number of ether oxygens (including phenoxy) is 1. The topological polar surface area (TPSA) is 32.7 Å². The Morgan fingerprint density at radius 3 is 2.95 bits per heavy atom. The van der Waals surface area contributed by atoms with Crippen LogP contribution in [0.3, 0.4) is 0 Å². The van der Waals surface area contributed by atoms with Crippen LogP contribution < -0.4 is 0 Å². The van der Waals surface area contributed by atoms with Gasteiger partial charge in [-0.05, 0) is 42.6 Å². The number of rotatable bonds is 3. The maximum absolute atomic E-state index is 13.6. The standard InChI is InChI=1S/C17H22FNO2/c1-13-5-6-19(12-17(13)21-2)11-15-8-14(4-3-7-20)9-16(18)10-15/h8-10,13,17,20H,5-7,11-12H2,1-2H3. The predicted molar refractivity (Wildman–Crippen MR) is 80.2 cm³/mol. The molecule has 1 aliphatic heterocycles. The molecule has 1 heterocycles. The fourth-order valence-corrected chi connectivity index (χ4v) is 2.76. The Morgan fingerprint density at radius 1 is 1.43 bits per heavy atom. The van der Waals surface area contributed by atoms with Gasteiger partial charge >= 0.3 is 0 Å². The van der Waals surface area contributed by atoms with Gasteiger partial charge in [-0.1, -0.05) is 18.8 Å². The zero-order valence-electron chi connectivity index (χ0n) is 12.6. The lowest BCUT2D eigenvalue weighted by atomic mass is 9.95. The van der Waals surface area contributed by atoms with Gasteiger partial charge in [-0.3, -0.25) is 4.90 Å². The van der Waals surface area contributed by atoms with E-state index in [1.54, 1.807) is 13.2 Å². The van der Waals surface area contributed by atoms with Crippen molar-refractivity contribution in [1.29, 1.82) is 0 Å². The third kappa shape index (κ3) is 4.53. The highest BCUT2D eigenvalue weighted by Crippen LogP contribution is 2.21. The lowest BCUT2D eigenvalue weighted by molar-refractivity contribution is -0.00746. The molecule has 0 aromatic heterocycles. The zero-order valence-corrected chi connectivity index (χ0v) is 12.6. The normalized spacial score (nSPS) is 22.7. The van der Waals surface area contributed by atoms with Crippen LogP contribution in [0.25, 0.3) is 0 Å². The number of nitrogens with zero attached hydrogens (tertiary/aromatic N) is 1. The molecule has 4 heteroatoms. The van der Waals surface area contributed by atoms with Gasteiger partial charge in [-0.2, -0.15) is 0 Å². The molecule has 21 heavy (non-hydrogen) atoms. The van der Waals surface area contributed by atoms with E-state index in [1.807, 2.05) is 6.07 Å². The Kier molecular flexibility index (Phi) is 5.75. The molecule has 1 aliphatic rings. The predicted octanol–water partition coefficient (Wildman–Crippen LogP) is 2.03. The number of aliphatic hydroxyl groups is 1. The van der Waals surface area contributed by atoms with Crippen molar-refractivity contribution in [1.82, 2.24) is 4.90 Å². The Morgan fingerprint density at radius 2 is 2.24 bits per heavy atom. The molecule has 0 amide bonds. The maximum Gasteiger partial charge on any atom is 0.124 e. The molecular formula is C17H22FNO2. The van der Waals surface area contributed by atoms with Crippen LogP contribution in [0.5, 0.6) is 0 Å². The van der Waals surface area contributed by atoms with Gasteiger partial charge in [0.05, 0.1) is 6.10 Å². The molecule has 1 N–H and O–H groups in total. The van der Waals surface area contributed by atoms with Gasteiger partial charge in [0, 0.05) is 25.8 Å². The molecule has 2 rings (SSSR count). The van der Waals surface area contributed by atoms with Crippen molar-refractivity contribution in [2.45, 2.75) is 26.0 Å². The first-order valence-electron chi connectivity index (χ1n) is 7.26. The largest absolute Gasteiger partial charge is 0.384 e. The van der Waals surface area contributed by atoms with Crippen molar-refractivity contribution >= 4 is 0 Å². The lowest BCUT2D eigenvalue weighted by Gasteiger charge is -2.36. The molecule has 0 bridgehead atoms. The van der Waals surface area contributed by atoms with E-state index in [2.05, 4.69) is 23.7 Å². The van der Waals surface area contributed by atoms with E-state index >= 15 is 0 Å². The highest BCUT2D eigenvalue weighted by atomic mass is 19.1. The summed E-state index contributed by atoms with van der Waals surface area (Å²) in [6, 6.07) is 4.82. The van der Waals surface area contributed by atoms with Crippen LogP contribution in [0, 0.1) is 23.6 Å². The number of piperidine rings is 1. The summed E-state index contributed by atoms with van der Waals surface area (Å²) in [5, 5.41) is 8.72. The van der Waals surface area contributed by atoms with Crippen LogP contribution in [0.4, 0.5) is 4.39 Å². The summed E-state index contributed by atoms with van der Waals surface area (Å²) in [5.41, 5.74) is 1.51. The first-order valence-corrected chi connectivity index (χ1v) is 7.26. The van der Waals surface area contributed by atoms with Crippen molar-refractivity contribution in [3.8, 4) is 11.8 Å².